The first-order valence-corrected chi connectivity index (χ1v) is 6.12. The highest BCUT2D eigenvalue weighted by molar-refractivity contribution is 5.90. The Hall–Kier alpha value is -1.68. The molecule has 1 aromatic rings. The zero-order chi connectivity index (χ0) is 13.1. The second-order valence-corrected chi connectivity index (χ2v) is 4.79. The van der Waals surface area contributed by atoms with Crippen molar-refractivity contribution in [3.63, 3.8) is 0 Å². The number of hydrogen-bond donors (Lipinski definition) is 2. The summed E-state index contributed by atoms with van der Waals surface area (Å²) in [5.74, 6) is -0.524. The molecule has 96 valence electrons. The third-order valence-corrected chi connectivity index (χ3v) is 3.28. The van der Waals surface area contributed by atoms with Gasteiger partial charge in [-0.15, -0.1) is 0 Å². The Morgan fingerprint density at radius 3 is 2.61 bits per heavy atom. The first-order chi connectivity index (χ1) is 8.58. The van der Waals surface area contributed by atoms with Crippen LogP contribution in [0.4, 0.5) is 0 Å². The zero-order valence-electron chi connectivity index (χ0n) is 10.3. The lowest BCUT2D eigenvalue weighted by Crippen LogP contribution is -2.62. The molecule has 0 unspecified atom stereocenters. The number of aliphatic hydroxyl groups is 1. The minimum Gasteiger partial charge on any atom is -0.393 e. The predicted molar refractivity (Wildman–Crippen MR) is 66.9 cm³/mol. The van der Waals surface area contributed by atoms with Crippen molar-refractivity contribution < 1.29 is 14.7 Å². The van der Waals surface area contributed by atoms with E-state index >= 15 is 0 Å². The summed E-state index contributed by atoms with van der Waals surface area (Å²) in [6, 6.07) is 9.29. The normalized spacial score (nSPS) is 24.0. The van der Waals surface area contributed by atoms with E-state index in [0.29, 0.717) is 6.42 Å². The number of carbonyl (C=O) groups is 2. The first-order valence-electron chi connectivity index (χ1n) is 6.12. The van der Waals surface area contributed by atoms with Gasteiger partial charge in [0.15, 0.2) is 0 Å². The number of amides is 1. The molecule has 0 aliphatic carbocycles. The maximum atomic E-state index is 11.9. The van der Waals surface area contributed by atoms with Gasteiger partial charge in [-0.1, -0.05) is 30.3 Å². The number of ketones is 1. The summed E-state index contributed by atoms with van der Waals surface area (Å²) >= 11 is 0. The Kier molecular flexibility index (Phi) is 3.77. The van der Waals surface area contributed by atoms with Crippen LogP contribution >= 0.6 is 0 Å². The van der Waals surface area contributed by atoms with E-state index in [4.69, 9.17) is 0 Å². The number of rotatable bonds is 5. The van der Waals surface area contributed by atoms with Gasteiger partial charge < -0.3 is 10.4 Å². The molecule has 1 aliphatic rings. The molecule has 1 fully saturated rings. The molecule has 0 radical (unpaired) electrons. The number of hydrogen-bond acceptors (Lipinski definition) is 3. The summed E-state index contributed by atoms with van der Waals surface area (Å²) < 4.78 is 0. The molecule has 0 bridgehead atoms. The molecule has 1 heterocycles. The van der Waals surface area contributed by atoms with Gasteiger partial charge in [0.05, 0.1) is 12.0 Å². The van der Waals surface area contributed by atoms with Crippen molar-refractivity contribution in [2.24, 2.45) is 5.92 Å². The van der Waals surface area contributed by atoms with E-state index in [0.717, 1.165) is 5.56 Å². The minimum atomic E-state index is -0.701. The molecule has 2 N–H and O–H groups in total. The molecular weight excluding hydrogens is 230 g/mol. The summed E-state index contributed by atoms with van der Waals surface area (Å²) in [4.78, 5) is 23.1. The van der Waals surface area contributed by atoms with E-state index in [2.05, 4.69) is 5.32 Å². The molecule has 0 aromatic heterocycles. The van der Waals surface area contributed by atoms with Crippen LogP contribution in [0, 0.1) is 5.92 Å². The maximum Gasteiger partial charge on any atom is 0.228 e. The van der Waals surface area contributed by atoms with Crippen LogP contribution < -0.4 is 5.32 Å². The standard InChI is InChI=1S/C14H17NO3/c1-9(16)13-12(15-14(13)18)8-11(17)7-10-5-3-2-4-6-10/h2-6,9,12-13,16H,7-8H2,1H3,(H,15,18)/t9-,12-,13-/m1/s1. The average Bonchev–Trinajstić information content (AvgIpc) is 2.28. The van der Waals surface area contributed by atoms with Crippen LogP contribution in [0.2, 0.25) is 0 Å². The fourth-order valence-electron chi connectivity index (χ4n) is 2.33. The van der Waals surface area contributed by atoms with Gasteiger partial charge in [0.1, 0.15) is 5.78 Å². The van der Waals surface area contributed by atoms with E-state index in [9.17, 15) is 14.7 Å². The number of Topliss-reactive ketones (excluding diaryl/α,β-unsaturated/α-hetero) is 1. The van der Waals surface area contributed by atoms with E-state index in [1.165, 1.54) is 0 Å². The van der Waals surface area contributed by atoms with Gasteiger partial charge in [-0.25, -0.2) is 0 Å². The smallest absolute Gasteiger partial charge is 0.228 e. The van der Waals surface area contributed by atoms with E-state index < -0.39 is 12.0 Å². The third-order valence-electron chi connectivity index (χ3n) is 3.28. The average molecular weight is 247 g/mol. The van der Waals surface area contributed by atoms with Gasteiger partial charge in [0.2, 0.25) is 5.91 Å². The van der Waals surface area contributed by atoms with Crippen LogP contribution in [0.25, 0.3) is 0 Å². The van der Waals surface area contributed by atoms with Crippen molar-refractivity contribution in [1.82, 2.24) is 5.32 Å². The molecular formula is C14H17NO3. The van der Waals surface area contributed by atoms with E-state index in [1.807, 2.05) is 30.3 Å². The second kappa shape index (κ2) is 5.31. The highest BCUT2D eigenvalue weighted by atomic mass is 16.3. The molecule has 1 amide bonds. The zero-order valence-corrected chi connectivity index (χ0v) is 10.3. The van der Waals surface area contributed by atoms with Crippen LogP contribution in [0.15, 0.2) is 30.3 Å². The molecule has 3 atom stereocenters. The van der Waals surface area contributed by atoms with Crippen LogP contribution in [0.3, 0.4) is 0 Å². The lowest BCUT2D eigenvalue weighted by molar-refractivity contribution is -0.141. The molecule has 0 spiro atoms. The highest BCUT2D eigenvalue weighted by Gasteiger charge is 2.42. The first kappa shape index (κ1) is 12.8. The Bertz CT molecular complexity index is 442. The van der Waals surface area contributed by atoms with Crippen molar-refractivity contribution >= 4 is 11.7 Å². The van der Waals surface area contributed by atoms with Gasteiger partial charge in [-0.2, -0.15) is 0 Å². The van der Waals surface area contributed by atoms with Gasteiger partial charge >= 0.3 is 0 Å². The number of aliphatic hydroxyl groups excluding tert-OH is 1. The van der Waals surface area contributed by atoms with Crippen LogP contribution in [-0.4, -0.2) is 28.9 Å². The van der Waals surface area contributed by atoms with Gasteiger partial charge in [-0.05, 0) is 12.5 Å². The Balaban J connectivity index is 1.87. The number of benzene rings is 1. The van der Waals surface area contributed by atoms with Gasteiger partial charge in [0.25, 0.3) is 0 Å². The summed E-state index contributed by atoms with van der Waals surface area (Å²) in [5, 5.41) is 12.1. The second-order valence-electron chi connectivity index (χ2n) is 4.79. The number of carbonyl (C=O) groups excluding carboxylic acids is 2. The van der Waals surface area contributed by atoms with Crippen LogP contribution in [0.1, 0.15) is 18.9 Å². The maximum absolute atomic E-state index is 11.9. The summed E-state index contributed by atoms with van der Waals surface area (Å²) in [6.45, 7) is 1.58. The fourth-order valence-corrected chi connectivity index (χ4v) is 2.33. The van der Waals surface area contributed by atoms with E-state index in [-0.39, 0.29) is 24.2 Å². The minimum absolute atomic E-state index is 0.0804. The lowest BCUT2D eigenvalue weighted by Gasteiger charge is -2.38. The lowest BCUT2D eigenvalue weighted by atomic mass is 9.82. The monoisotopic (exact) mass is 247 g/mol. The Morgan fingerprint density at radius 2 is 2.06 bits per heavy atom. The molecule has 1 aromatic carbocycles. The Morgan fingerprint density at radius 1 is 1.39 bits per heavy atom. The van der Waals surface area contributed by atoms with Crippen molar-refractivity contribution in [2.45, 2.75) is 31.9 Å². The summed E-state index contributed by atoms with van der Waals surface area (Å²) in [6.07, 6.45) is -0.0380. The molecule has 0 saturated carbocycles. The number of β-lactam (4-membered cyclic amide) rings is 1. The van der Waals surface area contributed by atoms with Gasteiger partial charge in [-0.3, -0.25) is 9.59 Å². The van der Waals surface area contributed by atoms with Crippen molar-refractivity contribution in [3.05, 3.63) is 35.9 Å². The molecule has 4 heteroatoms. The highest BCUT2D eigenvalue weighted by Crippen LogP contribution is 2.22. The Labute approximate surface area is 106 Å². The van der Waals surface area contributed by atoms with Crippen molar-refractivity contribution in [3.8, 4) is 0 Å². The third kappa shape index (κ3) is 2.76. The van der Waals surface area contributed by atoms with Crippen LogP contribution in [0.5, 0.6) is 0 Å². The van der Waals surface area contributed by atoms with Crippen molar-refractivity contribution in [2.75, 3.05) is 0 Å². The molecule has 4 nitrogen and oxygen atoms in total. The molecule has 1 saturated heterocycles. The molecule has 1 aliphatic heterocycles. The van der Waals surface area contributed by atoms with Crippen LogP contribution in [-0.2, 0) is 16.0 Å². The summed E-state index contributed by atoms with van der Waals surface area (Å²) in [5.41, 5.74) is 0.974. The molecule has 2 rings (SSSR count). The number of nitrogens with one attached hydrogen (secondary N) is 1. The quantitative estimate of drug-likeness (QED) is 0.752. The SMILES string of the molecule is C[C@@H](O)[C@H]1C(=O)N[C@@H]1CC(=O)Cc1ccccc1. The van der Waals surface area contributed by atoms with E-state index in [1.54, 1.807) is 6.92 Å². The fraction of sp³-hybridized carbons (Fsp3) is 0.429. The van der Waals surface area contributed by atoms with Gasteiger partial charge in [0, 0.05) is 18.9 Å². The molecule has 18 heavy (non-hydrogen) atoms. The predicted octanol–water partition coefficient (Wildman–Crippen LogP) is 0.684. The largest absolute Gasteiger partial charge is 0.393 e. The summed E-state index contributed by atoms with van der Waals surface area (Å²) in [7, 11) is 0. The van der Waals surface area contributed by atoms with Crippen molar-refractivity contribution in [1.29, 1.82) is 0 Å². The topological polar surface area (TPSA) is 66.4 Å².